The summed E-state index contributed by atoms with van der Waals surface area (Å²) in [5, 5.41) is 7.56. The van der Waals surface area contributed by atoms with Crippen LogP contribution in [0.1, 0.15) is 81.1 Å². The molecule has 0 saturated heterocycles. The number of hydrogen-bond acceptors (Lipinski definition) is 4. The molecule has 0 saturated carbocycles. The number of rotatable bonds is 6. The Morgan fingerprint density at radius 2 is 1.66 bits per heavy atom. The molecule has 0 fully saturated rings. The van der Waals surface area contributed by atoms with E-state index < -0.39 is 5.91 Å². The Morgan fingerprint density at radius 1 is 1.03 bits per heavy atom. The maximum Gasteiger partial charge on any atom is 0.254 e. The first-order chi connectivity index (χ1) is 16.3. The molecule has 2 aromatic carbocycles. The number of fused-ring (bicyclic) bond motifs is 1. The molecule has 1 aromatic heterocycles. The number of carbonyl (C=O) groups is 2. The zero-order valence-corrected chi connectivity index (χ0v) is 21.4. The van der Waals surface area contributed by atoms with E-state index >= 15 is 0 Å². The number of nitrogens with zero attached hydrogens (tertiary/aromatic N) is 2. The van der Waals surface area contributed by atoms with E-state index in [4.69, 9.17) is 11.5 Å². The molecule has 184 valence electrons. The highest BCUT2D eigenvalue weighted by Gasteiger charge is 2.41. The van der Waals surface area contributed by atoms with E-state index in [0.29, 0.717) is 5.69 Å². The van der Waals surface area contributed by atoms with Crippen LogP contribution in [0.3, 0.4) is 0 Å². The molecule has 2 amide bonds. The second-order valence-electron chi connectivity index (χ2n) is 11.1. The summed E-state index contributed by atoms with van der Waals surface area (Å²) >= 11 is 0. The molecule has 0 aliphatic heterocycles. The highest BCUT2D eigenvalue weighted by molar-refractivity contribution is 6.03. The summed E-state index contributed by atoms with van der Waals surface area (Å²) in [5.74, 6) is -0.445. The van der Waals surface area contributed by atoms with Crippen LogP contribution < -0.4 is 16.8 Å². The van der Waals surface area contributed by atoms with Gasteiger partial charge in [0.25, 0.3) is 5.91 Å². The molecule has 3 aromatic rings. The average Bonchev–Trinajstić information content (AvgIpc) is 3.19. The van der Waals surface area contributed by atoms with Gasteiger partial charge in [-0.05, 0) is 59.9 Å². The summed E-state index contributed by atoms with van der Waals surface area (Å²) < 4.78 is 1.59. The Kier molecular flexibility index (Phi) is 5.99. The minimum atomic E-state index is -0.617. The number of nitrogens with one attached hydrogen (secondary N) is 1. The third-order valence-corrected chi connectivity index (χ3v) is 6.92. The van der Waals surface area contributed by atoms with E-state index in [1.807, 2.05) is 44.2 Å². The Balaban J connectivity index is 1.50. The Bertz CT molecular complexity index is 1300. The zero-order chi connectivity index (χ0) is 25.7. The Hall–Kier alpha value is -3.61. The molecule has 5 N–H and O–H groups in total. The third-order valence-electron chi connectivity index (χ3n) is 6.92. The van der Waals surface area contributed by atoms with Crippen molar-refractivity contribution < 1.29 is 9.59 Å². The fraction of sp³-hybridized carbons (Fsp3) is 0.393. The van der Waals surface area contributed by atoms with Crippen molar-refractivity contribution in [1.29, 1.82) is 0 Å². The van der Waals surface area contributed by atoms with Crippen LogP contribution in [-0.4, -0.2) is 21.6 Å². The summed E-state index contributed by atoms with van der Waals surface area (Å²) in [6.07, 6.45) is 1.31. The van der Waals surface area contributed by atoms with E-state index in [0.717, 1.165) is 23.2 Å². The number of aromatic nitrogens is 2. The second kappa shape index (κ2) is 8.56. The minimum Gasteiger partial charge on any atom is -0.383 e. The quantitative estimate of drug-likeness (QED) is 0.469. The molecule has 0 bridgehead atoms. The number of primary amides is 1. The molecule has 35 heavy (non-hydrogen) atoms. The van der Waals surface area contributed by atoms with Crippen LogP contribution in [0, 0.1) is 0 Å². The molecular weight excluding hydrogens is 438 g/mol. The number of nitrogen functional groups attached to an aromatic ring is 1. The molecule has 1 aliphatic carbocycles. The highest BCUT2D eigenvalue weighted by Crippen LogP contribution is 2.49. The van der Waals surface area contributed by atoms with E-state index in [9.17, 15) is 9.59 Å². The second-order valence-corrected chi connectivity index (χ2v) is 11.1. The average molecular weight is 474 g/mol. The topological polar surface area (TPSA) is 116 Å². The molecule has 0 radical (unpaired) electrons. The van der Waals surface area contributed by atoms with Crippen LogP contribution in [0.15, 0.2) is 42.5 Å². The first-order valence-corrected chi connectivity index (χ1v) is 12.0. The summed E-state index contributed by atoms with van der Waals surface area (Å²) in [4.78, 5) is 24.8. The molecule has 4 rings (SSSR count). The standard InChI is InChI=1S/C28H35N5O2/c1-16(2)33-25(29)23(26(30)35)24(32-33)18-9-7-17(8-10-18)13-22(34)31-19-11-12-20-21(14-19)28(5,6)15-27(20,3)4/h7-12,14,16H,13,15,29H2,1-6H3,(H2,30,35)(H,31,34). The normalized spacial score (nSPS) is 15.7. The van der Waals surface area contributed by atoms with Crippen LogP contribution in [0.25, 0.3) is 11.3 Å². The van der Waals surface area contributed by atoms with Gasteiger partial charge in [-0.25, -0.2) is 4.68 Å². The van der Waals surface area contributed by atoms with Crippen LogP contribution in [0.4, 0.5) is 11.5 Å². The Labute approximate surface area is 206 Å². The lowest BCUT2D eigenvalue weighted by Gasteiger charge is -2.22. The number of anilines is 2. The van der Waals surface area contributed by atoms with Crippen molar-refractivity contribution in [2.45, 2.75) is 71.3 Å². The molecular formula is C28H35N5O2. The van der Waals surface area contributed by atoms with Gasteiger partial charge >= 0.3 is 0 Å². The van der Waals surface area contributed by atoms with Crippen LogP contribution in [0.5, 0.6) is 0 Å². The molecule has 1 heterocycles. The highest BCUT2D eigenvalue weighted by atomic mass is 16.2. The maximum atomic E-state index is 12.8. The van der Waals surface area contributed by atoms with Crippen molar-refractivity contribution in [3.05, 3.63) is 64.7 Å². The predicted molar refractivity (Wildman–Crippen MR) is 140 cm³/mol. The van der Waals surface area contributed by atoms with E-state index in [1.54, 1.807) is 4.68 Å². The molecule has 0 spiro atoms. The summed E-state index contributed by atoms with van der Waals surface area (Å²) in [7, 11) is 0. The monoisotopic (exact) mass is 473 g/mol. The van der Waals surface area contributed by atoms with Gasteiger partial charge < -0.3 is 16.8 Å². The van der Waals surface area contributed by atoms with Gasteiger partial charge in [0, 0.05) is 17.3 Å². The van der Waals surface area contributed by atoms with Gasteiger partial charge in [-0.2, -0.15) is 5.10 Å². The Morgan fingerprint density at radius 3 is 2.26 bits per heavy atom. The van der Waals surface area contributed by atoms with Gasteiger partial charge in [0.2, 0.25) is 5.91 Å². The largest absolute Gasteiger partial charge is 0.383 e. The predicted octanol–water partition coefficient (Wildman–Crippen LogP) is 4.95. The van der Waals surface area contributed by atoms with Crippen LogP contribution in [-0.2, 0) is 22.0 Å². The molecule has 7 nitrogen and oxygen atoms in total. The molecule has 0 unspecified atom stereocenters. The zero-order valence-electron chi connectivity index (χ0n) is 21.4. The third kappa shape index (κ3) is 4.55. The number of amides is 2. The van der Waals surface area contributed by atoms with Crippen molar-refractivity contribution in [2.75, 3.05) is 11.1 Å². The number of benzene rings is 2. The van der Waals surface area contributed by atoms with Crippen molar-refractivity contribution in [3.63, 3.8) is 0 Å². The van der Waals surface area contributed by atoms with E-state index in [2.05, 4.69) is 50.2 Å². The summed E-state index contributed by atoms with van der Waals surface area (Å²) in [5.41, 5.74) is 17.6. The first kappa shape index (κ1) is 24.5. The minimum absolute atomic E-state index is 0.0133. The smallest absolute Gasteiger partial charge is 0.254 e. The molecule has 0 atom stereocenters. The van der Waals surface area contributed by atoms with Crippen LogP contribution in [0.2, 0.25) is 0 Å². The lowest BCUT2D eigenvalue weighted by Crippen LogP contribution is -2.18. The lowest BCUT2D eigenvalue weighted by molar-refractivity contribution is -0.115. The number of hydrogen-bond donors (Lipinski definition) is 3. The number of carbonyl (C=O) groups excluding carboxylic acids is 2. The van der Waals surface area contributed by atoms with Gasteiger partial charge in [0.15, 0.2) is 0 Å². The van der Waals surface area contributed by atoms with Gasteiger partial charge in [0.1, 0.15) is 17.1 Å². The SMILES string of the molecule is CC(C)n1nc(-c2ccc(CC(=O)Nc3ccc4c(c3)C(C)(C)CC4(C)C)cc2)c(C(N)=O)c1N. The van der Waals surface area contributed by atoms with E-state index in [-0.39, 0.29) is 40.6 Å². The van der Waals surface area contributed by atoms with Gasteiger partial charge in [-0.15, -0.1) is 0 Å². The van der Waals surface area contributed by atoms with Gasteiger partial charge in [-0.1, -0.05) is 58.0 Å². The number of nitrogens with two attached hydrogens (primary N) is 2. The van der Waals surface area contributed by atoms with Gasteiger partial charge in [0.05, 0.1) is 6.42 Å². The van der Waals surface area contributed by atoms with Crippen molar-refractivity contribution in [3.8, 4) is 11.3 Å². The van der Waals surface area contributed by atoms with Crippen molar-refractivity contribution in [2.24, 2.45) is 5.73 Å². The molecule has 7 heteroatoms. The first-order valence-electron chi connectivity index (χ1n) is 12.0. The summed E-state index contributed by atoms with van der Waals surface area (Å²) in [6, 6.07) is 13.6. The lowest BCUT2D eigenvalue weighted by atomic mass is 9.82. The fourth-order valence-electron chi connectivity index (χ4n) is 5.52. The van der Waals surface area contributed by atoms with Crippen molar-refractivity contribution in [1.82, 2.24) is 9.78 Å². The maximum absolute atomic E-state index is 12.8. The molecule has 1 aliphatic rings. The van der Waals surface area contributed by atoms with Crippen LogP contribution >= 0.6 is 0 Å². The van der Waals surface area contributed by atoms with Crippen molar-refractivity contribution >= 4 is 23.3 Å². The summed E-state index contributed by atoms with van der Waals surface area (Å²) in [6.45, 7) is 12.9. The van der Waals surface area contributed by atoms with Gasteiger partial charge in [-0.3, -0.25) is 9.59 Å². The van der Waals surface area contributed by atoms with E-state index in [1.165, 1.54) is 11.1 Å². The fourth-order valence-corrected chi connectivity index (χ4v) is 5.52.